The first-order valence-corrected chi connectivity index (χ1v) is 9.23. The summed E-state index contributed by atoms with van der Waals surface area (Å²) in [6.45, 7) is 3.96. The molecule has 0 unspecified atom stereocenters. The van der Waals surface area contributed by atoms with Crippen LogP contribution in [0.1, 0.15) is 11.1 Å². The monoisotopic (exact) mass is 378 g/mol. The quantitative estimate of drug-likeness (QED) is 0.716. The summed E-state index contributed by atoms with van der Waals surface area (Å²) in [4.78, 5) is 28.8. The number of anilines is 1. The van der Waals surface area contributed by atoms with Crippen molar-refractivity contribution in [2.45, 2.75) is 13.1 Å². The average molecular weight is 378 g/mol. The second kappa shape index (κ2) is 8.47. The fourth-order valence-electron chi connectivity index (χ4n) is 3.12. The number of amides is 2. The van der Waals surface area contributed by atoms with Gasteiger partial charge in [-0.05, 0) is 17.2 Å². The van der Waals surface area contributed by atoms with Crippen molar-refractivity contribution in [2.75, 3.05) is 31.1 Å². The van der Waals surface area contributed by atoms with Crippen molar-refractivity contribution in [1.29, 1.82) is 0 Å². The lowest BCUT2D eigenvalue weighted by Crippen LogP contribution is -2.52. The van der Waals surface area contributed by atoms with E-state index < -0.39 is 0 Å². The number of carbonyl (C=O) groups is 1. The first-order chi connectivity index (χ1) is 13.8. The number of aromatic nitrogens is 5. The molecule has 4 rings (SSSR count). The molecule has 9 nitrogen and oxygen atoms in total. The van der Waals surface area contributed by atoms with E-state index in [0.29, 0.717) is 32.1 Å². The van der Waals surface area contributed by atoms with Gasteiger partial charge in [0.05, 0.1) is 6.54 Å². The molecule has 0 radical (unpaired) electrons. The van der Waals surface area contributed by atoms with Crippen LogP contribution in [0.2, 0.25) is 0 Å². The Morgan fingerprint density at radius 2 is 1.71 bits per heavy atom. The van der Waals surface area contributed by atoms with Crippen molar-refractivity contribution < 1.29 is 4.79 Å². The van der Waals surface area contributed by atoms with Crippen molar-refractivity contribution in [3.8, 4) is 0 Å². The first kappa shape index (κ1) is 17.9. The minimum atomic E-state index is -0.0414. The van der Waals surface area contributed by atoms with E-state index >= 15 is 0 Å². The summed E-state index contributed by atoms with van der Waals surface area (Å²) in [7, 11) is 0. The highest BCUT2D eigenvalue weighted by atomic mass is 16.2. The molecule has 0 bridgehead atoms. The van der Waals surface area contributed by atoms with Gasteiger partial charge in [0.2, 0.25) is 5.95 Å². The fraction of sp³-hybridized carbons (Fsp3) is 0.316. The summed E-state index contributed by atoms with van der Waals surface area (Å²) in [5.74, 6) is 0.716. The smallest absolute Gasteiger partial charge is 0.317 e. The third-order valence-electron chi connectivity index (χ3n) is 4.68. The maximum Gasteiger partial charge on any atom is 0.317 e. The standard InChI is InChI=1S/C19H22N8O/c28-19(26-10-8-25(9-11-26)18-21-6-1-7-22-18)23-12-16-2-4-17(5-3-16)13-27-15-20-14-24-27/h1-7,14-15H,8-13H2,(H,23,28). The Morgan fingerprint density at radius 3 is 2.39 bits per heavy atom. The number of piperazine rings is 1. The lowest BCUT2D eigenvalue weighted by Gasteiger charge is -2.34. The Kier molecular flexibility index (Phi) is 5.41. The molecule has 3 aromatic rings. The normalized spacial score (nSPS) is 14.1. The van der Waals surface area contributed by atoms with Crippen LogP contribution in [0.5, 0.6) is 0 Å². The van der Waals surface area contributed by atoms with E-state index in [1.54, 1.807) is 29.5 Å². The third kappa shape index (κ3) is 4.43. The van der Waals surface area contributed by atoms with Crippen LogP contribution in [0.15, 0.2) is 55.4 Å². The molecule has 2 aromatic heterocycles. The number of benzene rings is 1. The summed E-state index contributed by atoms with van der Waals surface area (Å²) in [5.41, 5.74) is 2.20. The van der Waals surface area contributed by atoms with Gasteiger partial charge >= 0.3 is 6.03 Å². The van der Waals surface area contributed by atoms with Gasteiger partial charge in [-0.3, -0.25) is 0 Å². The molecule has 1 saturated heterocycles. The van der Waals surface area contributed by atoms with Gasteiger partial charge in [0.25, 0.3) is 0 Å². The van der Waals surface area contributed by atoms with Crippen molar-refractivity contribution in [3.63, 3.8) is 0 Å². The number of hydrogen-bond donors (Lipinski definition) is 1. The summed E-state index contributed by atoms with van der Waals surface area (Å²) in [6, 6.07) is 9.90. The molecule has 1 aliphatic rings. The van der Waals surface area contributed by atoms with E-state index in [9.17, 15) is 4.79 Å². The van der Waals surface area contributed by atoms with Crippen molar-refractivity contribution >= 4 is 12.0 Å². The molecular formula is C19H22N8O. The highest BCUT2D eigenvalue weighted by Crippen LogP contribution is 2.10. The molecule has 2 amide bonds. The molecule has 0 aliphatic carbocycles. The van der Waals surface area contributed by atoms with E-state index in [1.807, 2.05) is 29.2 Å². The molecule has 1 aromatic carbocycles. The van der Waals surface area contributed by atoms with Gasteiger partial charge in [-0.2, -0.15) is 5.10 Å². The Hall–Kier alpha value is -3.49. The van der Waals surface area contributed by atoms with Crippen LogP contribution in [-0.4, -0.2) is 61.8 Å². The third-order valence-corrected chi connectivity index (χ3v) is 4.68. The summed E-state index contributed by atoms with van der Waals surface area (Å²) >= 11 is 0. The lowest BCUT2D eigenvalue weighted by atomic mass is 10.1. The maximum atomic E-state index is 12.4. The first-order valence-electron chi connectivity index (χ1n) is 9.23. The van der Waals surface area contributed by atoms with E-state index in [1.165, 1.54) is 6.33 Å². The van der Waals surface area contributed by atoms with Crippen molar-refractivity contribution in [3.05, 3.63) is 66.5 Å². The van der Waals surface area contributed by atoms with E-state index in [4.69, 9.17) is 0 Å². The Bertz CT molecular complexity index is 874. The number of nitrogens with zero attached hydrogens (tertiary/aromatic N) is 7. The summed E-state index contributed by atoms with van der Waals surface area (Å²) in [5, 5.41) is 7.10. The van der Waals surface area contributed by atoms with Gasteiger partial charge in [-0.15, -0.1) is 0 Å². The zero-order chi connectivity index (χ0) is 19.2. The number of rotatable bonds is 5. The molecule has 28 heavy (non-hydrogen) atoms. The Morgan fingerprint density at radius 1 is 1.00 bits per heavy atom. The zero-order valence-electron chi connectivity index (χ0n) is 15.5. The zero-order valence-corrected chi connectivity index (χ0v) is 15.5. The van der Waals surface area contributed by atoms with Gasteiger partial charge < -0.3 is 15.1 Å². The molecule has 144 valence electrons. The van der Waals surface area contributed by atoms with Crippen LogP contribution in [0, 0.1) is 0 Å². The van der Waals surface area contributed by atoms with Crippen LogP contribution in [0.4, 0.5) is 10.7 Å². The summed E-state index contributed by atoms with van der Waals surface area (Å²) < 4.78 is 1.77. The molecule has 0 spiro atoms. The molecule has 9 heteroatoms. The number of carbonyl (C=O) groups excluding carboxylic acids is 1. The summed E-state index contributed by atoms with van der Waals surface area (Å²) in [6.07, 6.45) is 6.69. The lowest BCUT2D eigenvalue weighted by molar-refractivity contribution is 0.193. The second-order valence-corrected chi connectivity index (χ2v) is 6.59. The topological polar surface area (TPSA) is 92.1 Å². The van der Waals surface area contributed by atoms with Crippen LogP contribution in [-0.2, 0) is 13.1 Å². The largest absolute Gasteiger partial charge is 0.337 e. The molecule has 0 saturated carbocycles. The van der Waals surface area contributed by atoms with Gasteiger partial charge in [-0.1, -0.05) is 24.3 Å². The number of nitrogens with one attached hydrogen (secondary N) is 1. The Labute approximate surface area is 163 Å². The number of urea groups is 1. The second-order valence-electron chi connectivity index (χ2n) is 6.59. The number of hydrogen-bond acceptors (Lipinski definition) is 6. The van der Waals surface area contributed by atoms with Crippen molar-refractivity contribution in [2.24, 2.45) is 0 Å². The highest BCUT2D eigenvalue weighted by Gasteiger charge is 2.22. The maximum absolute atomic E-state index is 12.4. The molecule has 0 atom stereocenters. The predicted molar refractivity (Wildman–Crippen MR) is 104 cm³/mol. The molecule has 1 fully saturated rings. The Balaban J connectivity index is 1.23. The van der Waals surface area contributed by atoms with E-state index in [-0.39, 0.29) is 6.03 Å². The molecule has 1 aliphatic heterocycles. The fourth-order valence-corrected chi connectivity index (χ4v) is 3.12. The van der Waals surface area contributed by atoms with Gasteiger partial charge in [-0.25, -0.2) is 24.4 Å². The van der Waals surface area contributed by atoms with E-state index in [2.05, 4.69) is 30.3 Å². The minimum Gasteiger partial charge on any atom is -0.337 e. The van der Waals surface area contributed by atoms with Crippen LogP contribution in [0.25, 0.3) is 0 Å². The molecule has 3 heterocycles. The van der Waals surface area contributed by atoms with Crippen LogP contribution in [0.3, 0.4) is 0 Å². The van der Waals surface area contributed by atoms with E-state index in [0.717, 1.165) is 24.2 Å². The van der Waals surface area contributed by atoms with Gasteiger partial charge in [0.15, 0.2) is 0 Å². The predicted octanol–water partition coefficient (Wildman–Crippen LogP) is 1.15. The minimum absolute atomic E-state index is 0.0414. The van der Waals surface area contributed by atoms with Crippen LogP contribution < -0.4 is 10.2 Å². The average Bonchev–Trinajstić information content (AvgIpc) is 3.27. The van der Waals surface area contributed by atoms with Gasteiger partial charge in [0, 0.05) is 45.1 Å². The van der Waals surface area contributed by atoms with Crippen LogP contribution >= 0.6 is 0 Å². The SMILES string of the molecule is O=C(NCc1ccc(Cn2cncn2)cc1)N1CCN(c2ncccn2)CC1. The van der Waals surface area contributed by atoms with Gasteiger partial charge in [0.1, 0.15) is 12.7 Å². The molecule has 1 N–H and O–H groups in total. The molecular weight excluding hydrogens is 356 g/mol. The van der Waals surface area contributed by atoms with Crippen molar-refractivity contribution in [1.82, 2.24) is 34.9 Å². The highest BCUT2D eigenvalue weighted by molar-refractivity contribution is 5.74.